The first kappa shape index (κ1) is 20.9. The molecule has 4 rings (SSSR count). The summed E-state index contributed by atoms with van der Waals surface area (Å²) in [6.45, 7) is 3.92. The zero-order chi connectivity index (χ0) is 22.0. The molecule has 0 spiro atoms. The third kappa shape index (κ3) is 4.70. The Morgan fingerprint density at radius 1 is 1.10 bits per heavy atom. The molecule has 1 heterocycles. The van der Waals surface area contributed by atoms with Crippen molar-refractivity contribution in [1.29, 1.82) is 0 Å². The van der Waals surface area contributed by atoms with Crippen LogP contribution in [0.1, 0.15) is 17.0 Å². The number of nitrogens with one attached hydrogen (secondary N) is 1. The number of anilines is 1. The van der Waals surface area contributed by atoms with Gasteiger partial charge in [0.2, 0.25) is 0 Å². The summed E-state index contributed by atoms with van der Waals surface area (Å²) >= 11 is 6.13. The van der Waals surface area contributed by atoms with Crippen LogP contribution in [-0.4, -0.2) is 22.3 Å². The first-order chi connectivity index (χ1) is 14.9. The van der Waals surface area contributed by atoms with E-state index in [-0.39, 0.29) is 18.3 Å². The minimum atomic E-state index is -0.388. The minimum absolute atomic E-state index is 0.119. The van der Waals surface area contributed by atoms with E-state index < -0.39 is 0 Å². The Balaban J connectivity index is 1.43. The zero-order valence-corrected chi connectivity index (χ0v) is 17.9. The first-order valence-electron chi connectivity index (χ1n) is 9.80. The van der Waals surface area contributed by atoms with E-state index in [0.29, 0.717) is 28.7 Å². The maximum atomic E-state index is 13.3. The van der Waals surface area contributed by atoms with Gasteiger partial charge in [-0.3, -0.25) is 9.48 Å². The number of aryl methyl sites for hydroxylation is 1. The summed E-state index contributed by atoms with van der Waals surface area (Å²) in [6, 6.07) is 17.9. The van der Waals surface area contributed by atoms with Gasteiger partial charge in [0.15, 0.2) is 6.61 Å². The number of ether oxygens (including phenoxy) is 1. The van der Waals surface area contributed by atoms with Crippen LogP contribution in [0.4, 0.5) is 10.1 Å². The standard InChI is InChI=1S/C24H21ClFN3O2/c1-15-24(16(2)29(28-15)13-19-7-9-20(26)12-22(19)25)27-23(30)14-31-21-10-8-17-5-3-4-6-18(17)11-21/h3-12H,13-14H2,1-2H3,(H,27,30). The van der Waals surface area contributed by atoms with Gasteiger partial charge in [-0.1, -0.05) is 48.0 Å². The molecule has 1 N–H and O–H groups in total. The van der Waals surface area contributed by atoms with Gasteiger partial charge in [-0.25, -0.2) is 4.39 Å². The number of carbonyl (C=O) groups is 1. The van der Waals surface area contributed by atoms with Crippen molar-refractivity contribution < 1.29 is 13.9 Å². The Kier molecular flexibility index (Phi) is 5.91. The molecule has 0 saturated carbocycles. The fourth-order valence-electron chi connectivity index (χ4n) is 3.42. The molecule has 7 heteroatoms. The quantitative estimate of drug-likeness (QED) is 0.432. The van der Waals surface area contributed by atoms with E-state index in [1.54, 1.807) is 10.7 Å². The van der Waals surface area contributed by atoms with Crippen LogP contribution in [0.3, 0.4) is 0 Å². The molecule has 0 radical (unpaired) electrons. The molecule has 0 atom stereocenters. The average Bonchev–Trinajstić information content (AvgIpc) is 3.01. The van der Waals surface area contributed by atoms with Gasteiger partial charge in [-0.2, -0.15) is 5.10 Å². The van der Waals surface area contributed by atoms with Crippen LogP contribution in [-0.2, 0) is 11.3 Å². The van der Waals surface area contributed by atoms with E-state index in [2.05, 4.69) is 10.4 Å². The Morgan fingerprint density at radius 3 is 2.65 bits per heavy atom. The van der Waals surface area contributed by atoms with Crippen molar-refractivity contribution in [2.45, 2.75) is 20.4 Å². The monoisotopic (exact) mass is 437 g/mol. The number of halogens is 2. The van der Waals surface area contributed by atoms with Gasteiger partial charge in [0.05, 0.1) is 23.6 Å². The number of aromatic nitrogens is 2. The van der Waals surface area contributed by atoms with E-state index in [1.807, 2.05) is 56.3 Å². The van der Waals surface area contributed by atoms with Crippen molar-refractivity contribution >= 4 is 34.0 Å². The molecule has 0 fully saturated rings. The van der Waals surface area contributed by atoms with Crippen LogP contribution in [0.5, 0.6) is 5.75 Å². The highest BCUT2D eigenvalue weighted by molar-refractivity contribution is 6.31. The van der Waals surface area contributed by atoms with Gasteiger partial charge in [-0.15, -0.1) is 0 Å². The Hall–Kier alpha value is -3.38. The fraction of sp³-hybridized carbons (Fsp3) is 0.167. The average molecular weight is 438 g/mol. The molecule has 31 heavy (non-hydrogen) atoms. The molecule has 5 nitrogen and oxygen atoms in total. The summed E-state index contributed by atoms with van der Waals surface area (Å²) in [5, 5.41) is 9.85. The van der Waals surface area contributed by atoms with Gasteiger partial charge in [0, 0.05) is 5.02 Å². The second-order valence-corrected chi connectivity index (χ2v) is 7.69. The molecule has 158 valence electrons. The lowest BCUT2D eigenvalue weighted by atomic mass is 10.1. The molecule has 3 aromatic carbocycles. The van der Waals surface area contributed by atoms with Crippen LogP contribution >= 0.6 is 11.6 Å². The van der Waals surface area contributed by atoms with Crippen molar-refractivity contribution in [3.8, 4) is 5.75 Å². The molecule has 0 aliphatic rings. The second kappa shape index (κ2) is 8.78. The van der Waals surface area contributed by atoms with E-state index in [9.17, 15) is 9.18 Å². The molecular formula is C24H21ClFN3O2. The highest BCUT2D eigenvalue weighted by atomic mass is 35.5. The smallest absolute Gasteiger partial charge is 0.262 e. The first-order valence-corrected chi connectivity index (χ1v) is 10.2. The number of benzene rings is 3. The lowest BCUT2D eigenvalue weighted by molar-refractivity contribution is -0.118. The molecule has 1 aromatic heterocycles. The maximum absolute atomic E-state index is 13.3. The predicted octanol–water partition coefficient (Wildman–Crippen LogP) is 5.51. The molecule has 0 aliphatic carbocycles. The van der Waals surface area contributed by atoms with Crippen LogP contribution in [0.25, 0.3) is 10.8 Å². The van der Waals surface area contributed by atoms with Crippen LogP contribution in [0, 0.1) is 19.7 Å². The fourth-order valence-corrected chi connectivity index (χ4v) is 3.65. The summed E-state index contributed by atoms with van der Waals surface area (Å²) < 4.78 is 20.7. The highest BCUT2D eigenvalue weighted by Crippen LogP contribution is 2.24. The van der Waals surface area contributed by atoms with Crippen molar-refractivity contribution in [2.24, 2.45) is 0 Å². The van der Waals surface area contributed by atoms with Gasteiger partial charge in [0.1, 0.15) is 11.6 Å². The summed E-state index contributed by atoms with van der Waals surface area (Å²) in [5.74, 6) is -0.0378. The van der Waals surface area contributed by atoms with Crippen LogP contribution in [0.2, 0.25) is 5.02 Å². The molecule has 0 bridgehead atoms. The summed E-state index contributed by atoms with van der Waals surface area (Å²) in [7, 11) is 0. The van der Waals surface area contributed by atoms with Gasteiger partial charge in [-0.05, 0) is 54.4 Å². The largest absolute Gasteiger partial charge is 0.484 e. The molecule has 1 amide bonds. The Bertz CT molecular complexity index is 1270. The van der Waals surface area contributed by atoms with Crippen LogP contribution < -0.4 is 10.1 Å². The number of hydrogen-bond donors (Lipinski definition) is 1. The minimum Gasteiger partial charge on any atom is -0.484 e. The normalized spacial score (nSPS) is 11.0. The number of amides is 1. The molecule has 0 saturated heterocycles. The molecular weight excluding hydrogens is 417 g/mol. The summed E-state index contributed by atoms with van der Waals surface area (Å²) in [5.41, 5.74) is 2.82. The van der Waals surface area contributed by atoms with E-state index in [0.717, 1.165) is 22.0 Å². The molecule has 4 aromatic rings. The highest BCUT2D eigenvalue weighted by Gasteiger charge is 2.16. The SMILES string of the molecule is Cc1nn(Cc2ccc(F)cc2Cl)c(C)c1NC(=O)COc1ccc2ccccc2c1. The van der Waals surface area contributed by atoms with Crippen molar-refractivity contribution in [1.82, 2.24) is 9.78 Å². The maximum Gasteiger partial charge on any atom is 0.262 e. The Morgan fingerprint density at radius 2 is 1.87 bits per heavy atom. The Labute approximate surface area is 184 Å². The van der Waals surface area contributed by atoms with E-state index in [1.165, 1.54) is 12.1 Å². The number of nitrogens with zero attached hydrogens (tertiary/aromatic N) is 2. The van der Waals surface area contributed by atoms with E-state index in [4.69, 9.17) is 16.3 Å². The molecule has 0 aliphatic heterocycles. The van der Waals surface area contributed by atoms with Crippen molar-refractivity contribution in [2.75, 3.05) is 11.9 Å². The van der Waals surface area contributed by atoms with Gasteiger partial charge < -0.3 is 10.1 Å². The van der Waals surface area contributed by atoms with Crippen molar-refractivity contribution in [3.63, 3.8) is 0 Å². The van der Waals surface area contributed by atoms with Crippen molar-refractivity contribution in [3.05, 3.63) is 88.5 Å². The number of fused-ring (bicyclic) bond motifs is 1. The predicted molar refractivity (Wildman–Crippen MR) is 120 cm³/mol. The third-order valence-electron chi connectivity index (χ3n) is 5.07. The topological polar surface area (TPSA) is 56.2 Å². The van der Waals surface area contributed by atoms with Gasteiger partial charge >= 0.3 is 0 Å². The third-order valence-corrected chi connectivity index (χ3v) is 5.42. The van der Waals surface area contributed by atoms with Gasteiger partial charge in [0.25, 0.3) is 5.91 Å². The lowest BCUT2D eigenvalue weighted by Crippen LogP contribution is -2.21. The van der Waals surface area contributed by atoms with E-state index >= 15 is 0 Å². The zero-order valence-electron chi connectivity index (χ0n) is 17.2. The molecule has 0 unspecified atom stereocenters. The van der Waals surface area contributed by atoms with Crippen LogP contribution in [0.15, 0.2) is 60.7 Å². The summed E-state index contributed by atoms with van der Waals surface area (Å²) in [6.07, 6.45) is 0. The summed E-state index contributed by atoms with van der Waals surface area (Å²) in [4.78, 5) is 12.5. The number of hydrogen-bond acceptors (Lipinski definition) is 3. The number of carbonyl (C=O) groups excluding carboxylic acids is 1. The number of rotatable bonds is 6. The lowest BCUT2D eigenvalue weighted by Gasteiger charge is -2.10. The second-order valence-electron chi connectivity index (χ2n) is 7.29.